The molecular formula is C13H16ClKN4S2. The van der Waals surface area contributed by atoms with E-state index in [1.165, 1.54) is 0 Å². The Bertz CT molecular complexity index is 587. The van der Waals surface area contributed by atoms with Crippen molar-refractivity contribution in [2.24, 2.45) is 0 Å². The van der Waals surface area contributed by atoms with E-state index < -0.39 is 0 Å². The predicted octanol–water partition coefficient (Wildman–Crippen LogP) is -0.537. The molecule has 2 heterocycles. The molecule has 2 aromatic rings. The summed E-state index contributed by atoms with van der Waals surface area (Å²) in [6.45, 7) is 5.04. The van der Waals surface area contributed by atoms with E-state index >= 15 is 0 Å². The average Bonchev–Trinajstić information content (AvgIpc) is 2.50. The van der Waals surface area contributed by atoms with Crippen molar-refractivity contribution in [3.05, 3.63) is 29.4 Å². The Kier molecular flexibility index (Phi) is 9.47. The maximum atomic E-state index is 6.09. The van der Waals surface area contributed by atoms with Crippen molar-refractivity contribution in [1.82, 2.24) is 15.5 Å². The first-order chi connectivity index (χ1) is 9.75. The predicted molar refractivity (Wildman–Crippen MR) is 90.6 cm³/mol. The van der Waals surface area contributed by atoms with Crippen LogP contribution >= 0.6 is 23.3 Å². The normalized spacial score (nSPS) is 17.7. The Balaban J connectivity index is 0.000000706. The van der Waals surface area contributed by atoms with Crippen LogP contribution in [0.15, 0.2) is 24.3 Å². The van der Waals surface area contributed by atoms with Gasteiger partial charge in [0.1, 0.15) is 0 Å². The van der Waals surface area contributed by atoms with E-state index in [0.29, 0.717) is 11.2 Å². The molecule has 1 aromatic carbocycles. The fourth-order valence-corrected chi connectivity index (χ4v) is 2.62. The van der Waals surface area contributed by atoms with Crippen LogP contribution in [0.3, 0.4) is 0 Å². The number of hydrogen-bond donors (Lipinski definition) is 2. The number of halogens is 1. The van der Waals surface area contributed by atoms with Gasteiger partial charge in [0, 0.05) is 36.4 Å². The summed E-state index contributed by atoms with van der Waals surface area (Å²) in [4.78, 5) is 2.27. The maximum absolute atomic E-state index is 6.09. The van der Waals surface area contributed by atoms with Crippen LogP contribution in [0.2, 0.25) is 5.15 Å². The fourth-order valence-electron chi connectivity index (χ4n) is 2.42. The number of piperazine rings is 1. The van der Waals surface area contributed by atoms with Gasteiger partial charge < -0.3 is 33.5 Å². The molecule has 1 N–H and O–H groups in total. The third-order valence-electron chi connectivity index (χ3n) is 3.29. The summed E-state index contributed by atoms with van der Waals surface area (Å²) in [7, 11) is 0. The minimum Gasteiger partial charge on any atom is -0.723 e. The summed E-state index contributed by atoms with van der Waals surface area (Å²) >= 11 is 13.0. The van der Waals surface area contributed by atoms with Crippen molar-refractivity contribution in [2.45, 2.75) is 13.0 Å². The summed E-state index contributed by atoms with van der Waals surface area (Å²) in [6.07, 6.45) is 0. The SMILES string of the molecule is C[C@H]1CN(c2nnc(Cl)c3ccccc23)CCN1.[K+].[S-]S. The van der Waals surface area contributed by atoms with E-state index in [2.05, 4.69) is 56.7 Å². The number of hydrogen-bond acceptors (Lipinski definition) is 6. The Morgan fingerprint density at radius 3 is 2.62 bits per heavy atom. The molecule has 1 aliphatic rings. The number of nitrogens with zero attached hydrogens (tertiary/aromatic N) is 3. The Morgan fingerprint density at radius 2 is 1.95 bits per heavy atom. The number of thiol groups is 1. The summed E-state index contributed by atoms with van der Waals surface area (Å²) in [6, 6.07) is 8.49. The van der Waals surface area contributed by atoms with Crippen molar-refractivity contribution < 1.29 is 51.4 Å². The van der Waals surface area contributed by atoms with Crippen LogP contribution in [-0.2, 0) is 11.7 Å². The van der Waals surface area contributed by atoms with E-state index in [-0.39, 0.29) is 51.4 Å². The first-order valence-corrected chi connectivity index (χ1v) is 8.17. The van der Waals surface area contributed by atoms with Gasteiger partial charge in [0.2, 0.25) is 0 Å². The zero-order valence-corrected chi connectivity index (χ0v) is 17.7. The molecule has 108 valence electrons. The van der Waals surface area contributed by atoms with Crippen LogP contribution in [-0.4, -0.2) is 35.9 Å². The average molecular weight is 367 g/mol. The van der Waals surface area contributed by atoms with E-state index in [9.17, 15) is 0 Å². The molecule has 0 bridgehead atoms. The van der Waals surface area contributed by atoms with E-state index in [0.717, 1.165) is 36.2 Å². The van der Waals surface area contributed by atoms with Crippen LogP contribution in [0.4, 0.5) is 5.82 Å². The fraction of sp³-hybridized carbons (Fsp3) is 0.385. The molecule has 21 heavy (non-hydrogen) atoms. The zero-order chi connectivity index (χ0) is 14.5. The van der Waals surface area contributed by atoms with Crippen LogP contribution in [0.25, 0.3) is 10.8 Å². The van der Waals surface area contributed by atoms with Gasteiger partial charge >= 0.3 is 51.4 Å². The van der Waals surface area contributed by atoms with E-state index in [1.807, 2.05) is 18.2 Å². The smallest absolute Gasteiger partial charge is 0.723 e. The molecule has 0 amide bonds. The zero-order valence-electron chi connectivity index (χ0n) is 12.1. The summed E-state index contributed by atoms with van der Waals surface area (Å²) in [5.41, 5.74) is 0. The van der Waals surface area contributed by atoms with Crippen LogP contribution < -0.4 is 61.6 Å². The van der Waals surface area contributed by atoms with E-state index in [4.69, 9.17) is 11.6 Å². The number of fused-ring (bicyclic) bond motifs is 1. The molecule has 3 rings (SSSR count). The molecule has 1 aromatic heterocycles. The topological polar surface area (TPSA) is 41.1 Å². The molecule has 0 spiro atoms. The minimum absolute atomic E-state index is 0. The Morgan fingerprint density at radius 1 is 1.29 bits per heavy atom. The van der Waals surface area contributed by atoms with Gasteiger partial charge in [0.25, 0.3) is 0 Å². The molecule has 4 nitrogen and oxygen atoms in total. The minimum atomic E-state index is 0. The standard InChI is InChI=1S/C13H15ClN4.K.H2S2/c1-9-8-18(7-6-15-9)13-11-5-3-2-4-10(11)12(14)16-17-13;;1-2/h2-5,9,15H,6-8H2,1H3;;1-2H/q;+1;/p-1/t9-;;/m0../s1. The Hall–Kier alpha value is 0.946. The van der Waals surface area contributed by atoms with Gasteiger partial charge in [-0.3, -0.25) is 0 Å². The Labute approximate surface area is 183 Å². The third kappa shape index (κ3) is 4.96. The second kappa shape index (κ2) is 9.95. The molecule has 1 saturated heterocycles. The number of benzene rings is 1. The number of nitrogens with one attached hydrogen (secondary N) is 1. The second-order valence-corrected chi connectivity index (χ2v) is 5.02. The molecule has 1 atom stereocenters. The molecule has 0 aliphatic carbocycles. The van der Waals surface area contributed by atoms with Crippen LogP contribution in [0.5, 0.6) is 0 Å². The first kappa shape index (κ1) is 20.0. The van der Waals surface area contributed by atoms with Gasteiger partial charge in [-0.2, -0.15) is 0 Å². The van der Waals surface area contributed by atoms with Gasteiger partial charge in [-0.25, -0.2) is 0 Å². The van der Waals surface area contributed by atoms with Gasteiger partial charge in [0.05, 0.1) is 0 Å². The summed E-state index contributed by atoms with van der Waals surface area (Å²) in [5, 5.41) is 14.3. The van der Waals surface area contributed by atoms with Crippen molar-refractivity contribution in [1.29, 1.82) is 0 Å². The van der Waals surface area contributed by atoms with Crippen LogP contribution in [0.1, 0.15) is 6.92 Å². The van der Waals surface area contributed by atoms with E-state index in [1.54, 1.807) is 0 Å². The largest absolute Gasteiger partial charge is 1.00 e. The molecule has 0 unspecified atom stereocenters. The number of aromatic nitrogens is 2. The number of rotatable bonds is 1. The molecule has 0 saturated carbocycles. The van der Waals surface area contributed by atoms with Crippen LogP contribution in [0, 0.1) is 0 Å². The molecular weight excluding hydrogens is 351 g/mol. The molecule has 1 fully saturated rings. The van der Waals surface area contributed by atoms with Crippen molar-refractivity contribution in [3.63, 3.8) is 0 Å². The second-order valence-electron chi connectivity index (χ2n) is 4.66. The van der Waals surface area contributed by atoms with Gasteiger partial charge in [-0.1, -0.05) is 35.9 Å². The number of anilines is 1. The van der Waals surface area contributed by atoms with Gasteiger partial charge in [-0.05, 0) is 6.92 Å². The van der Waals surface area contributed by atoms with Gasteiger partial charge in [-0.15, -0.1) is 10.2 Å². The molecule has 1 aliphatic heterocycles. The quantitative estimate of drug-likeness (QED) is 0.307. The molecule has 8 heteroatoms. The third-order valence-corrected chi connectivity index (χ3v) is 3.57. The maximum Gasteiger partial charge on any atom is 1.00 e. The van der Waals surface area contributed by atoms with Crippen molar-refractivity contribution in [2.75, 3.05) is 24.5 Å². The van der Waals surface area contributed by atoms with Crippen molar-refractivity contribution in [3.8, 4) is 0 Å². The first-order valence-electron chi connectivity index (χ1n) is 6.33. The summed E-state index contributed by atoms with van der Waals surface area (Å²) < 4.78 is 0. The summed E-state index contributed by atoms with van der Waals surface area (Å²) in [5.74, 6) is 0.934. The molecule has 0 radical (unpaired) electrons. The van der Waals surface area contributed by atoms with Crippen molar-refractivity contribution >= 4 is 51.5 Å². The monoisotopic (exact) mass is 366 g/mol. The van der Waals surface area contributed by atoms with Gasteiger partial charge in [0.15, 0.2) is 11.0 Å².